The summed E-state index contributed by atoms with van der Waals surface area (Å²) in [6.07, 6.45) is 1.01. The van der Waals surface area contributed by atoms with Gasteiger partial charge in [0.05, 0.1) is 12.5 Å². The highest BCUT2D eigenvalue weighted by Crippen LogP contribution is 2.04. The van der Waals surface area contributed by atoms with Crippen LogP contribution in [0.5, 0.6) is 0 Å². The number of hydrogen-bond donors (Lipinski definition) is 2. The molecule has 8 nitrogen and oxygen atoms in total. The van der Waals surface area contributed by atoms with Crippen LogP contribution in [0.3, 0.4) is 0 Å². The van der Waals surface area contributed by atoms with Gasteiger partial charge in [0, 0.05) is 13.6 Å². The molecule has 0 rings (SSSR count). The van der Waals surface area contributed by atoms with Crippen LogP contribution in [0, 0.1) is 0 Å². The Morgan fingerprint density at radius 2 is 1.81 bits per heavy atom. The molecule has 0 aliphatic heterocycles. The number of aliphatic carboxylic acids is 1. The number of carbonyl (C=O) groups is 3. The second-order valence-corrected chi connectivity index (χ2v) is 4.00. The van der Waals surface area contributed by atoms with Crippen molar-refractivity contribution >= 4 is 18.2 Å². The maximum atomic E-state index is 11.6. The molecule has 0 radical (unpaired) electrons. The molecule has 0 unspecified atom stereocenters. The van der Waals surface area contributed by atoms with Gasteiger partial charge in [-0.05, 0) is 0 Å². The van der Waals surface area contributed by atoms with Gasteiger partial charge >= 0.3 is 18.2 Å². The maximum Gasteiger partial charge on any atom is 0.410 e. The fourth-order valence-corrected chi connectivity index (χ4v) is 1.32. The van der Waals surface area contributed by atoms with Crippen molar-refractivity contribution in [3.63, 3.8) is 0 Å². The summed E-state index contributed by atoms with van der Waals surface area (Å²) in [7, 11) is 1.38. The fourth-order valence-electron chi connectivity index (χ4n) is 1.32. The molecule has 118 valence electrons. The first-order chi connectivity index (χ1) is 9.92. The third-order valence-corrected chi connectivity index (χ3v) is 2.38. The minimum atomic E-state index is -1.11. The van der Waals surface area contributed by atoms with Gasteiger partial charge in [-0.15, -0.1) is 0 Å². The number of nitrogens with one attached hydrogen (secondary N) is 1. The Bertz CT molecular complexity index is 396. The van der Waals surface area contributed by atoms with E-state index in [-0.39, 0.29) is 26.2 Å². The van der Waals surface area contributed by atoms with Gasteiger partial charge in [0.15, 0.2) is 0 Å². The second kappa shape index (κ2) is 10.3. The molecular weight excluding hydrogens is 280 g/mol. The monoisotopic (exact) mass is 300 g/mol. The van der Waals surface area contributed by atoms with Gasteiger partial charge in [0.1, 0.15) is 13.2 Å². The van der Waals surface area contributed by atoms with E-state index in [0.717, 1.165) is 4.90 Å². The lowest BCUT2D eigenvalue weighted by molar-refractivity contribution is -0.138. The van der Waals surface area contributed by atoms with Crippen molar-refractivity contribution in [2.24, 2.45) is 0 Å². The first kappa shape index (κ1) is 18.5. The Labute approximate surface area is 123 Å². The summed E-state index contributed by atoms with van der Waals surface area (Å²) in [5.74, 6) is -1.11. The molecule has 0 aromatic heterocycles. The highest BCUT2D eigenvalue weighted by molar-refractivity contribution is 5.72. The predicted molar refractivity (Wildman–Crippen MR) is 74.9 cm³/mol. The van der Waals surface area contributed by atoms with Crippen LogP contribution in [0.4, 0.5) is 9.59 Å². The third-order valence-electron chi connectivity index (χ3n) is 2.38. The topological polar surface area (TPSA) is 105 Å². The van der Waals surface area contributed by atoms with Crippen LogP contribution >= 0.6 is 0 Å². The Morgan fingerprint density at radius 1 is 1.24 bits per heavy atom. The van der Waals surface area contributed by atoms with E-state index < -0.39 is 24.2 Å². The predicted octanol–water partition coefficient (Wildman–Crippen LogP) is 0.996. The molecule has 0 saturated carbocycles. The van der Waals surface area contributed by atoms with Crippen molar-refractivity contribution in [3.8, 4) is 0 Å². The van der Waals surface area contributed by atoms with Gasteiger partial charge in [-0.25, -0.2) is 9.59 Å². The molecule has 21 heavy (non-hydrogen) atoms. The van der Waals surface area contributed by atoms with Crippen molar-refractivity contribution in [1.82, 2.24) is 10.2 Å². The van der Waals surface area contributed by atoms with E-state index >= 15 is 0 Å². The second-order valence-electron chi connectivity index (χ2n) is 4.00. The van der Waals surface area contributed by atoms with E-state index in [0.29, 0.717) is 0 Å². The first-order valence-electron chi connectivity index (χ1n) is 6.16. The number of ether oxygens (including phenoxy) is 2. The summed E-state index contributed by atoms with van der Waals surface area (Å²) >= 11 is 0. The summed E-state index contributed by atoms with van der Waals surface area (Å²) in [5, 5.41) is 11.2. The summed E-state index contributed by atoms with van der Waals surface area (Å²) < 4.78 is 9.49. The van der Waals surface area contributed by atoms with Crippen LogP contribution in [0.15, 0.2) is 25.3 Å². The highest BCUT2D eigenvalue weighted by Gasteiger charge is 2.24. The zero-order valence-electron chi connectivity index (χ0n) is 11.9. The lowest BCUT2D eigenvalue weighted by Crippen LogP contribution is -2.46. The van der Waals surface area contributed by atoms with E-state index in [2.05, 4.69) is 23.2 Å². The van der Waals surface area contributed by atoms with Crippen LogP contribution in [0.2, 0.25) is 0 Å². The number of nitrogens with zero attached hydrogens (tertiary/aromatic N) is 1. The number of amides is 2. The average molecular weight is 300 g/mol. The summed E-state index contributed by atoms with van der Waals surface area (Å²) in [5.41, 5.74) is 0. The minimum Gasteiger partial charge on any atom is -0.481 e. The number of carbonyl (C=O) groups excluding carboxylic acids is 2. The zero-order chi connectivity index (χ0) is 16.3. The zero-order valence-corrected chi connectivity index (χ0v) is 11.9. The normalized spacial score (nSPS) is 10.9. The van der Waals surface area contributed by atoms with Gasteiger partial charge in [-0.1, -0.05) is 25.3 Å². The number of likely N-dealkylation sites (N-methyl/N-ethyl adjacent to an activating group) is 1. The number of rotatable bonds is 9. The summed E-state index contributed by atoms with van der Waals surface area (Å²) in [4.78, 5) is 34.8. The summed E-state index contributed by atoms with van der Waals surface area (Å²) in [6, 6.07) is -0.768. The van der Waals surface area contributed by atoms with Gasteiger partial charge in [-0.2, -0.15) is 0 Å². The number of alkyl carbamates (subject to hydrolysis) is 1. The minimum absolute atomic E-state index is 0.0117. The van der Waals surface area contributed by atoms with Crippen LogP contribution < -0.4 is 5.32 Å². The van der Waals surface area contributed by atoms with Crippen LogP contribution in [-0.2, 0) is 14.3 Å². The van der Waals surface area contributed by atoms with Crippen LogP contribution in [-0.4, -0.2) is 61.0 Å². The van der Waals surface area contributed by atoms with Crippen molar-refractivity contribution in [2.45, 2.75) is 12.5 Å². The number of hydrogen-bond acceptors (Lipinski definition) is 5. The fraction of sp³-hybridized carbons (Fsp3) is 0.462. The quantitative estimate of drug-likeness (QED) is 0.615. The average Bonchev–Trinajstić information content (AvgIpc) is 2.45. The first-order valence-corrected chi connectivity index (χ1v) is 6.16. The molecule has 1 atom stereocenters. The molecule has 8 heteroatoms. The van der Waals surface area contributed by atoms with Crippen LogP contribution in [0.1, 0.15) is 6.42 Å². The Hall–Kier alpha value is -2.51. The molecule has 0 aromatic carbocycles. The molecule has 0 fully saturated rings. The van der Waals surface area contributed by atoms with Crippen molar-refractivity contribution in [3.05, 3.63) is 25.3 Å². The molecule has 0 aliphatic carbocycles. The summed E-state index contributed by atoms with van der Waals surface area (Å²) in [6.45, 7) is 6.75. The highest BCUT2D eigenvalue weighted by atomic mass is 16.6. The Morgan fingerprint density at radius 3 is 2.33 bits per heavy atom. The largest absolute Gasteiger partial charge is 0.481 e. The molecule has 2 amide bonds. The number of carboxylic acids is 1. The molecule has 0 aromatic rings. The van der Waals surface area contributed by atoms with Crippen molar-refractivity contribution < 1.29 is 29.0 Å². The SMILES string of the molecule is C=CCOC(=O)NC[C@H](CC(=O)O)N(C)C(=O)OCC=C. The van der Waals surface area contributed by atoms with Crippen molar-refractivity contribution in [1.29, 1.82) is 0 Å². The van der Waals surface area contributed by atoms with E-state index in [1.807, 2.05) is 0 Å². The maximum absolute atomic E-state index is 11.6. The van der Waals surface area contributed by atoms with Gasteiger partial charge < -0.3 is 24.8 Å². The van der Waals surface area contributed by atoms with Gasteiger partial charge in [0.25, 0.3) is 0 Å². The molecule has 2 N–H and O–H groups in total. The molecular formula is C13H20N2O6. The van der Waals surface area contributed by atoms with Gasteiger partial charge in [-0.3, -0.25) is 4.79 Å². The molecule has 0 aliphatic rings. The molecule has 0 spiro atoms. The van der Waals surface area contributed by atoms with Gasteiger partial charge in [0.2, 0.25) is 0 Å². The molecule has 0 bridgehead atoms. The number of carboxylic acid groups (broad SMARTS) is 1. The Kier molecular flexibility index (Phi) is 9.07. The van der Waals surface area contributed by atoms with E-state index in [1.54, 1.807) is 0 Å². The smallest absolute Gasteiger partial charge is 0.410 e. The lowest BCUT2D eigenvalue weighted by atomic mass is 10.2. The third kappa shape index (κ3) is 8.30. The molecule has 0 saturated heterocycles. The van der Waals surface area contributed by atoms with Crippen molar-refractivity contribution in [2.75, 3.05) is 26.8 Å². The molecule has 0 heterocycles. The van der Waals surface area contributed by atoms with E-state index in [4.69, 9.17) is 9.84 Å². The lowest BCUT2D eigenvalue weighted by Gasteiger charge is -2.26. The van der Waals surface area contributed by atoms with Crippen LogP contribution in [0.25, 0.3) is 0 Å². The van der Waals surface area contributed by atoms with E-state index in [1.165, 1.54) is 19.2 Å². The van der Waals surface area contributed by atoms with E-state index in [9.17, 15) is 14.4 Å². The standard InChI is InChI=1S/C13H20N2O6/c1-4-6-20-12(18)14-9-10(8-11(16)17)15(3)13(19)21-7-5-2/h4-5,10H,1-2,6-9H2,3H3,(H,14,18)(H,16,17)/t10-/m0/s1. The Balaban J connectivity index is 4.52.